The number of alkyl halides is 3. The summed E-state index contributed by atoms with van der Waals surface area (Å²) < 4.78 is 45.6. The molecule has 0 saturated carbocycles. The number of nitrogens with one attached hydrogen (secondary N) is 1. The summed E-state index contributed by atoms with van der Waals surface area (Å²) >= 11 is 7.15. The molecule has 10 heteroatoms. The van der Waals surface area contributed by atoms with E-state index in [0.717, 1.165) is 0 Å². The number of hydrogen-bond acceptors (Lipinski definition) is 6. The normalized spacial score (nSPS) is 13.4. The van der Waals surface area contributed by atoms with Crippen LogP contribution in [0.3, 0.4) is 0 Å². The molecule has 2 heterocycles. The predicted octanol–water partition coefficient (Wildman–Crippen LogP) is 4.38. The van der Waals surface area contributed by atoms with E-state index in [9.17, 15) is 13.2 Å². The number of rotatable bonds is 4. The van der Waals surface area contributed by atoms with Crippen LogP contribution >= 0.6 is 22.9 Å². The molecule has 3 aromatic rings. The van der Waals surface area contributed by atoms with E-state index >= 15 is 0 Å². The molecule has 0 saturated heterocycles. The molecular formula is C14H12ClF3N4OS. The van der Waals surface area contributed by atoms with Crippen molar-refractivity contribution in [2.24, 2.45) is 5.73 Å². The molecule has 1 aromatic carbocycles. The third kappa shape index (κ3) is 3.06. The van der Waals surface area contributed by atoms with Gasteiger partial charge in [-0.05, 0) is 13.0 Å². The number of hydrogen-bond donors (Lipinski definition) is 2. The monoisotopic (exact) mass is 376 g/mol. The standard InChI is InChI=1S/C14H12ClF3N4OS/c1-6(5-19)21-13-22-10-9(14(16,17)18)8(15)4-7(11(10)23-13)12-20-2-3-24-12/h2-4,6H,5,19H2,1H3,(H,21,22). The second-order valence-corrected chi connectivity index (χ2v) is 6.40. The lowest BCUT2D eigenvalue weighted by atomic mass is 10.1. The Bertz CT molecular complexity index is 863. The third-order valence-corrected chi connectivity index (χ3v) is 4.39. The summed E-state index contributed by atoms with van der Waals surface area (Å²) in [6.45, 7) is 2.03. The van der Waals surface area contributed by atoms with Gasteiger partial charge in [-0.1, -0.05) is 11.6 Å². The molecule has 0 aliphatic rings. The molecule has 0 radical (unpaired) electrons. The Morgan fingerprint density at radius 2 is 2.21 bits per heavy atom. The van der Waals surface area contributed by atoms with Crippen molar-refractivity contribution < 1.29 is 17.6 Å². The van der Waals surface area contributed by atoms with Gasteiger partial charge < -0.3 is 15.5 Å². The number of nitrogens with zero attached hydrogens (tertiary/aromatic N) is 2. The Hall–Kier alpha value is -1.84. The van der Waals surface area contributed by atoms with Crippen molar-refractivity contribution >= 4 is 40.1 Å². The first-order chi connectivity index (χ1) is 11.3. The summed E-state index contributed by atoms with van der Waals surface area (Å²) in [6, 6.07) is 0.937. The number of nitrogens with two attached hydrogens (primary N) is 1. The van der Waals surface area contributed by atoms with E-state index in [-0.39, 0.29) is 29.7 Å². The molecule has 0 amide bonds. The quantitative estimate of drug-likeness (QED) is 0.706. The first-order valence-electron chi connectivity index (χ1n) is 6.88. The number of oxazole rings is 1. The average Bonchev–Trinajstić information content (AvgIpc) is 3.13. The van der Waals surface area contributed by atoms with Gasteiger partial charge in [-0.15, -0.1) is 11.3 Å². The zero-order chi connectivity index (χ0) is 17.5. The summed E-state index contributed by atoms with van der Waals surface area (Å²) in [5, 5.41) is 4.57. The highest BCUT2D eigenvalue weighted by Crippen LogP contribution is 2.44. The van der Waals surface area contributed by atoms with Crippen LogP contribution in [0.25, 0.3) is 21.7 Å². The van der Waals surface area contributed by atoms with Crippen LogP contribution in [0.15, 0.2) is 22.1 Å². The highest BCUT2D eigenvalue weighted by molar-refractivity contribution is 7.13. The molecule has 0 bridgehead atoms. The number of anilines is 1. The number of fused-ring (bicyclic) bond motifs is 1. The Morgan fingerprint density at radius 3 is 2.79 bits per heavy atom. The van der Waals surface area contributed by atoms with Crippen LogP contribution in [0, 0.1) is 0 Å². The van der Waals surface area contributed by atoms with E-state index in [1.165, 1.54) is 17.4 Å². The third-order valence-electron chi connectivity index (χ3n) is 3.29. The Kier molecular flexibility index (Phi) is 4.41. The van der Waals surface area contributed by atoms with Crippen molar-refractivity contribution in [1.29, 1.82) is 0 Å². The zero-order valence-electron chi connectivity index (χ0n) is 12.3. The molecule has 0 fully saturated rings. The lowest BCUT2D eigenvalue weighted by Gasteiger charge is -2.10. The number of aromatic nitrogens is 2. The molecule has 0 aliphatic heterocycles. The van der Waals surface area contributed by atoms with Gasteiger partial charge in [0.05, 0.1) is 10.6 Å². The van der Waals surface area contributed by atoms with Crippen molar-refractivity contribution in [3.63, 3.8) is 0 Å². The van der Waals surface area contributed by atoms with Crippen molar-refractivity contribution in [2.45, 2.75) is 19.1 Å². The van der Waals surface area contributed by atoms with E-state index in [1.807, 2.05) is 0 Å². The van der Waals surface area contributed by atoms with Crippen molar-refractivity contribution in [3.05, 3.63) is 28.2 Å². The van der Waals surface area contributed by atoms with E-state index < -0.39 is 16.8 Å². The first kappa shape index (κ1) is 17.0. The van der Waals surface area contributed by atoms with Gasteiger partial charge in [-0.2, -0.15) is 18.2 Å². The molecule has 3 rings (SSSR count). The minimum atomic E-state index is -4.66. The van der Waals surface area contributed by atoms with Crippen molar-refractivity contribution in [1.82, 2.24) is 9.97 Å². The van der Waals surface area contributed by atoms with Crippen LogP contribution in [0.4, 0.5) is 19.2 Å². The molecule has 3 N–H and O–H groups in total. The fourth-order valence-corrected chi connectivity index (χ4v) is 3.12. The van der Waals surface area contributed by atoms with Gasteiger partial charge in [0, 0.05) is 24.2 Å². The van der Waals surface area contributed by atoms with E-state index in [0.29, 0.717) is 10.6 Å². The van der Waals surface area contributed by atoms with Gasteiger partial charge in [-0.25, -0.2) is 4.98 Å². The molecular weight excluding hydrogens is 365 g/mol. The fourth-order valence-electron chi connectivity index (χ4n) is 2.17. The van der Waals surface area contributed by atoms with Gasteiger partial charge in [0.25, 0.3) is 6.01 Å². The van der Waals surface area contributed by atoms with Crippen molar-refractivity contribution in [2.75, 3.05) is 11.9 Å². The highest BCUT2D eigenvalue weighted by atomic mass is 35.5. The summed E-state index contributed by atoms with van der Waals surface area (Å²) in [7, 11) is 0. The zero-order valence-corrected chi connectivity index (χ0v) is 13.9. The number of thiazole rings is 1. The Morgan fingerprint density at radius 1 is 1.46 bits per heavy atom. The maximum absolute atomic E-state index is 13.4. The molecule has 0 spiro atoms. The van der Waals surface area contributed by atoms with Crippen LogP contribution < -0.4 is 11.1 Å². The van der Waals surface area contributed by atoms with Gasteiger partial charge in [0.2, 0.25) is 0 Å². The molecule has 0 aliphatic carbocycles. The van der Waals surface area contributed by atoms with Crippen LogP contribution in [-0.2, 0) is 6.18 Å². The maximum Gasteiger partial charge on any atom is 0.420 e. The molecule has 1 atom stereocenters. The molecule has 128 valence electrons. The average molecular weight is 377 g/mol. The summed E-state index contributed by atoms with van der Waals surface area (Å²) in [6.07, 6.45) is -3.12. The minimum absolute atomic E-state index is 0.0200. The highest BCUT2D eigenvalue weighted by Gasteiger charge is 2.38. The molecule has 1 unspecified atom stereocenters. The maximum atomic E-state index is 13.4. The first-order valence-corrected chi connectivity index (χ1v) is 8.13. The summed E-state index contributed by atoms with van der Waals surface area (Å²) in [5.74, 6) is 0. The number of benzene rings is 1. The summed E-state index contributed by atoms with van der Waals surface area (Å²) in [5.41, 5.74) is 4.46. The smallest absolute Gasteiger partial charge is 0.420 e. The van der Waals surface area contributed by atoms with Gasteiger partial charge in [0.1, 0.15) is 16.1 Å². The van der Waals surface area contributed by atoms with Crippen LogP contribution in [-0.4, -0.2) is 22.6 Å². The van der Waals surface area contributed by atoms with Crippen molar-refractivity contribution in [3.8, 4) is 10.6 Å². The second kappa shape index (κ2) is 6.23. The topological polar surface area (TPSA) is 77.0 Å². The SMILES string of the molecule is CC(CN)Nc1nc2c(C(F)(F)F)c(Cl)cc(-c3nccs3)c2o1. The Balaban J connectivity index is 2.27. The fraction of sp³-hybridized carbons (Fsp3) is 0.286. The van der Waals surface area contributed by atoms with E-state index in [2.05, 4.69) is 15.3 Å². The molecule has 2 aromatic heterocycles. The lowest BCUT2D eigenvalue weighted by molar-refractivity contribution is -0.136. The predicted molar refractivity (Wildman–Crippen MR) is 87.3 cm³/mol. The second-order valence-electron chi connectivity index (χ2n) is 5.09. The van der Waals surface area contributed by atoms with Crippen LogP contribution in [0.5, 0.6) is 0 Å². The van der Waals surface area contributed by atoms with Gasteiger partial charge in [0.15, 0.2) is 5.58 Å². The number of halogens is 4. The summed E-state index contributed by atoms with van der Waals surface area (Å²) in [4.78, 5) is 8.04. The molecule has 5 nitrogen and oxygen atoms in total. The van der Waals surface area contributed by atoms with Crippen LogP contribution in [0.2, 0.25) is 5.02 Å². The lowest BCUT2D eigenvalue weighted by Crippen LogP contribution is -2.25. The van der Waals surface area contributed by atoms with Gasteiger partial charge >= 0.3 is 6.18 Å². The Labute approximate surface area is 143 Å². The minimum Gasteiger partial charge on any atom is -0.423 e. The van der Waals surface area contributed by atoms with Crippen LogP contribution in [0.1, 0.15) is 12.5 Å². The molecule has 24 heavy (non-hydrogen) atoms. The largest absolute Gasteiger partial charge is 0.423 e. The van der Waals surface area contributed by atoms with E-state index in [1.54, 1.807) is 18.5 Å². The van der Waals surface area contributed by atoms with Gasteiger partial charge in [-0.3, -0.25) is 0 Å². The van der Waals surface area contributed by atoms with E-state index in [4.69, 9.17) is 21.8 Å².